The number of hydrogen-bond donors (Lipinski definition) is 2. The third-order valence-corrected chi connectivity index (χ3v) is 3.12. The molecule has 0 saturated heterocycles. The molecule has 17 heavy (non-hydrogen) atoms. The summed E-state index contributed by atoms with van der Waals surface area (Å²) in [5.74, 6) is 1.07. The summed E-state index contributed by atoms with van der Waals surface area (Å²) in [4.78, 5) is 12.5. The Morgan fingerprint density at radius 2 is 2.12 bits per heavy atom. The van der Waals surface area contributed by atoms with E-state index in [1.165, 1.54) is 11.8 Å². The summed E-state index contributed by atoms with van der Waals surface area (Å²) in [6.45, 7) is 1.72. The molecule has 0 fully saturated rings. The topological polar surface area (TPSA) is 58.6 Å². The Balaban J connectivity index is 2.36. The smallest absolute Gasteiger partial charge is 0.230 e. The minimum atomic E-state index is -0.195. The van der Waals surface area contributed by atoms with Crippen molar-refractivity contribution in [3.8, 4) is 5.75 Å². The van der Waals surface area contributed by atoms with Crippen LogP contribution in [0.2, 0.25) is 0 Å². The number of amides is 1. The Morgan fingerprint density at radius 1 is 1.47 bits per heavy atom. The Labute approximate surface area is 105 Å². The summed E-state index contributed by atoms with van der Waals surface area (Å²) < 4.78 is 5.05. The third kappa shape index (κ3) is 5.10. The zero-order valence-corrected chi connectivity index (χ0v) is 10.8. The van der Waals surface area contributed by atoms with Crippen molar-refractivity contribution in [3.63, 3.8) is 0 Å². The standard InChI is InChI=1S/C12H17NO3S/c1-9(7-14)13-12(15)8-17-11-5-3-10(16-2)4-6-11/h3-6,9,14H,7-8H2,1-2H3,(H,13,15)/t9-/m0/s1. The highest BCUT2D eigenvalue weighted by atomic mass is 32.2. The van der Waals surface area contributed by atoms with Gasteiger partial charge in [-0.15, -0.1) is 11.8 Å². The van der Waals surface area contributed by atoms with E-state index < -0.39 is 0 Å². The number of methoxy groups -OCH3 is 1. The van der Waals surface area contributed by atoms with Crippen molar-refractivity contribution in [2.24, 2.45) is 0 Å². The largest absolute Gasteiger partial charge is 0.497 e. The van der Waals surface area contributed by atoms with Gasteiger partial charge in [-0.1, -0.05) is 0 Å². The van der Waals surface area contributed by atoms with Crippen LogP contribution < -0.4 is 10.1 Å². The molecule has 1 atom stereocenters. The number of aliphatic hydroxyl groups is 1. The first-order valence-electron chi connectivity index (χ1n) is 5.32. The van der Waals surface area contributed by atoms with Crippen LogP contribution in [0.15, 0.2) is 29.2 Å². The van der Waals surface area contributed by atoms with E-state index in [9.17, 15) is 4.79 Å². The summed E-state index contributed by atoms with van der Waals surface area (Å²) >= 11 is 1.45. The normalized spacial score (nSPS) is 11.9. The van der Waals surface area contributed by atoms with Gasteiger partial charge in [0.2, 0.25) is 5.91 Å². The van der Waals surface area contributed by atoms with E-state index in [4.69, 9.17) is 9.84 Å². The van der Waals surface area contributed by atoms with Crippen molar-refractivity contribution in [2.75, 3.05) is 19.5 Å². The quantitative estimate of drug-likeness (QED) is 0.752. The lowest BCUT2D eigenvalue weighted by Gasteiger charge is -2.10. The zero-order chi connectivity index (χ0) is 12.7. The lowest BCUT2D eigenvalue weighted by atomic mass is 10.3. The fourth-order valence-corrected chi connectivity index (χ4v) is 1.89. The molecule has 4 nitrogen and oxygen atoms in total. The van der Waals surface area contributed by atoms with Crippen LogP contribution in [0.5, 0.6) is 5.75 Å². The SMILES string of the molecule is COc1ccc(SCC(=O)N[C@@H](C)CO)cc1. The third-order valence-electron chi connectivity index (χ3n) is 2.11. The molecule has 0 radical (unpaired) electrons. The molecular formula is C12H17NO3S. The van der Waals surface area contributed by atoms with E-state index in [0.717, 1.165) is 10.6 Å². The maximum absolute atomic E-state index is 11.4. The molecule has 0 aliphatic rings. The van der Waals surface area contributed by atoms with Crippen molar-refractivity contribution >= 4 is 17.7 Å². The molecule has 0 unspecified atom stereocenters. The molecule has 0 aliphatic heterocycles. The number of hydrogen-bond acceptors (Lipinski definition) is 4. The van der Waals surface area contributed by atoms with E-state index in [-0.39, 0.29) is 18.6 Å². The number of thioether (sulfide) groups is 1. The molecule has 1 aromatic rings. The van der Waals surface area contributed by atoms with E-state index in [2.05, 4.69) is 5.32 Å². The number of nitrogens with one attached hydrogen (secondary N) is 1. The van der Waals surface area contributed by atoms with Gasteiger partial charge in [0.15, 0.2) is 0 Å². The average molecular weight is 255 g/mol. The van der Waals surface area contributed by atoms with Gasteiger partial charge in [0, 0.05) is 10.9 Å². The molecule has 1 rings (SSSR count). The van der Waals surface area contributed by atoms with Gasteiger partial charge in [-0.25, -0.2) is 0 Å². The van der Waals surface area contributed by atoms with Crippen molar-refractivity contribution in [3.05, 3.63) is 24.3 Å². The fraction of sp³-hybridized carbons (Fsp3) is 0.417. The van der Waals surface area contributed by atoms with E-state index in [1.807, 2.05) is 24.3 Å². The molecule has 5 heteroatoms. The van der Waals surface area contributed by atoms with Gasteiger partial charge in [0.25, 0.3) is 0 Å². The van der Waals surface area contributed by atoms with Crippen LogP contribution in [0, 0.1) is 0 Å². The maximum atomic E-state index is 11.4. The molecule has 1 amide bonds. The summed E-state index contributed by atoms with van der Waals surface area (Å²) in [6, 6.07) is 7.34. The predicted octanol–water partition coefficient (Wildman–Crippen LogP) is 1.28. The summed E-state index contributed by atoms with van der Waals surface area (Å²) in [7, 11) is 1.62. The van der Waals surface area contributed by atoms with Crippen molar-refractivity contribution < 1.29 is 14.6 Å². The summed E-state index contributed by atoms with van der Waals surface area (Å²) in [6.07, 6.45) is 0. The Kier molecular flexibility index (Phi) is 5.86. The first-order valence-corrected chi connectivity index (χ1v) is 6.31. The fourth-order valence-electron chi connectivity index (χ4n) is 1.18. The minimum absolute atomic E-state index is 0.0427. The number of ether oxygens (including phenoxy) is 1. The molecule has 0 heterocycles. The maximum Gasteiger partial charge on any atom is 0.230 e. The number of carbonyl (C=O) groups excluding carboxylic acids is 1. The van der Waals surface area contributed by atoms with Crippen LogP contribution >= 0.6 is 11.8 Å². The molecule has 0 aromatic heterocycles. The number of rotatable bonds is 6. The average Bonchev–Trinajstić information content (AvgIpc) is 2.36. The van der Waals surface area contributed by atoms with E-state index >= 15 is 0 Å². The second-order valence-electron chi connectivity index (χ2n) is 3.62. The Hall–Kier alpha value is -1.20. The van der Waals surface area contributed by atoms with Crippen LogP contribution in [-0.4, -0.2) is 36.5 Å². The predicted molar refractivity (Wildman–Crippen MR) is 68.4 cm³/mol. The highest BCUT2D eigenvalue weighted by Gasteiger charge is 2.06. The second-order valence-corrected chi connectivity index (χ2v) is 4.66. The van der Waals surface area contributed by atoms with E-state index in [0.29, 0.717) is 5.75 Å². The van der Waals surface area contributed by atoms with Gasteiger partial charge in [0.05, 0.1) is 19.5 Å². The van der Waals surface area contributed by atoms with Gasteiger partial charge >= 0.3 is 0 Å². The molecule has 2 N–H and O–H groups in total. The lowest BCUT2D eigenvalue weighted by molar-refractivity contribution is -0.119. The van der Waals surface area contributed by atoms with Crippen molar-refractivity contribution in [1.29, 1.82) is 0 Å². The second kappa shape index (κ2) is 7.19. The number of aliphatic hydroxyl groups excluding tert-OH is 1. The molecule has 94 valence electrons. The number of benzene rings is 1. The highest BCUT2D eigenvalue weighted by Crippen LogP contribution is 2.20. The summed E-state index contributed by atoms with van der Waals surface area (Å²) in [5.41, 5.74) is 0. The zero-order valence-electron chi connectivity index (χ0n) is 9.97. The first kappa shape index (κ1) is 13.9. The molecule has 0 aliphatic carbocycles. The van der Waals surface area contributed by atoms with Gasteiger partial charge in [-0.2, -0.15) is 0 Å². The van der Waals surface area contributed by atoms with Gasteiger partial charge < -0.3 is 15.2 Å². The highest BCUT2D eigenvalue weighted by molar-refractivity contribution is 8.00. The van der Waals surface area contributed by atoms with Crippen molar-refractivity contribution in [2.45, 2.75) is 17.9 Å². The molecular weight excluding hydrogens is 238 g/mol. The molecule has 0 saturated carbocycles. The van der Waals surface area contributed by atoms with Crippen LogP contribution in [0.25, 0.3) is 0 Å². The van der Waals surface area contributed by atoms with E-state index in [1.54, 1.807) is 14.0 Å². The molecule has 1 aromatic carbocycles. The first-order chi connectivity index (χ1) is 8.15. The van der Waals surface area contributed by atoms with Crippen LogP contribution in [0.3, 0.4) is 0 Å². The Morgan fingerprint density at radius 3 is 2.65 bits per heavy atom. The van der Waals surface area contributed by atoms with Crippen LogP contribution in [0.4, 0.5) is 0 Å². The van der Waals surface area contributed by atoms with Crippen molar-refractivity contribution in [1.82, 2.24) is 5.32 Å². The van der Waals surface area contributed by atoms with Gasteiger partial charge in [-0.3, -0.25) is 4.79 Å². The Bertz CT molecular complexity index is 353. The lowest BCUT2D eigenvalue weighted by Crippen LogP contribution is -2.36. The molecule has 0 spiro atoms. The monoisotopic (exact) mass is 255 g/mol. The van der Waals surface area contributed by atoms with Gasteiger partial charge in [0.1, 0.15) is 5.75 Å². The van der Waals surface area contributed by atoms with Crippen LogP contribution in [-0.2, 0) is 4.79 Å². The molecule has 0 bridgehead atoms. The van der Waals surface area contributed by atoms with Gasteiger partial charge in [-0.05, 0) is 31.2 Å². The number of carbonyl (C=O) groups is 1. The summed E-state index contributed by atoms with van der Waals surface area (Å²) in [5, 5.41) is 11.5. The van der Waals surface area contributed by atoms with Crippen LogP contribution in [0.1, 0.15) is 6.92 Å². The minimum Gasteiger partial charge on any atom is -0.497 e.